The summed E-state index contributed by atoms with van der Waals surface area (Å²) in [4.78, 5) is 35.7. The molecule has 4 rings (SSSR count). The summed E-state index contributed by atoms with van der Waals surface area (Å²) in [7, 11) is 0. The SMILES string of the molecule is CC(=O)N[C@H]1[C@H](OC[C@H]2OC(O)[C@H](NC(C)=O)[C@@H](O[C@@H]3O[C@H](CO)[C@H](O[C@H]4O[C@H](CO)[C@@H](O)[C@H](O)[C@H]4NC(C)=O)[C@H](O)[C@H]3O)[C@H]2O)O[C@H](CO)[C@@H](O)[C@@H]1O. The van der Waals surface area contributed by atoms with Crippen LogP contribution in [0.4, 0.5) is 0 Å². The Bertz CT molecular complexity index is 1250. The van der Waals surface area contributed by atoms with Crippen molar-refractivity contribution in [2.75, 3.05) is 26.4 Å². The van der Waals surface area contributed by atoms with Crippen LogP contribution in [-0.4, -0.2) is 223 Å². The van der Waals surface area contributed by atoms with E-state index in [4.69, 9.17) is 33.2 Å². The van der Waals surface area contributed by atoms with Gasteiger partial charge in [-0.15, -0.1) is 0 Å². The Morgan fingerprint density at radius 1 is 0.481 bits per heavy atom. The van der Waals surface area contributed by atoms with Gasteiger partial charge in [0.05, 0.1) is 26.4 Å². The van der Waals surface area contributed by atoms with Crippen molar-refractivity contribution < 1.29 is 104 Å². The first kappa shape index (κ1) is 44.4. The van der Waals surface area contributed by atoms with E-state index in [0.29, 0.717) is 0 Å². The monoisotopic (exact) mass is 789 g/mol. The summed E-state index contributed by atoms with van der Waals surface area (Å²) in [5, 5.41) is 123. The molecule has 0 bridgehead atoms. The quantitative estimate of drug-likeness (QED) is 0.0823. The lowest BCUT2D eigenvalue weighted by atomic mass is 9.94. The van der Waals surface area contributed by atoms with E-state index in [9.17, 15) is 70.6 Å². The maximum absolute atomic E-state index is 12.1. The van der Waals surface area contributed by atoms with Crippen LogP contribution in [0.15, 0.2) is 0 Å². The molecule has 0 aliphatic carbocycles. The van der Waals surface area contributed by atoms with Gasteiger partial charge in [-0.2, -0.15) is 0 Å². The summed E-state index contributed by atoms with van der Waals surface area (Å²) in [6, 6.07) is -4.41. The van der Waals surface area contributed by atoms with Crippen molar-refractivity contribution in [2.45, 2.75) is 143 Å². The molecule has 3 amide bonds. The van der Waals surface area contributed by atoms with Crippen LogP contribution in [0.3, 0.4) is 0 Å². The van der Waals surface area contributed by atoms with Gasteiger partial charge in [-0.05, 0) is 0 Å². The fourth-order valence-corrected chi connectivity index (χ4v) is 6.65. The van der Waals surface area contributed by atoms with Crippen LogP contribution in [0.1, 0.15) is 20.8 Å². The van der Waals surface area contributed by atoms with Gasteiger partial charge in [-0.3, -0.25) is 14.4 Å². The van der Waals surface area contributed by atoms with E-state index in [1.165, 1.54) is 0 Å². The summed E-state index contributed by atoms with van der Waals surface area (Å²) in [5.74, 6) is -2.05. The first-order valence-electron chi connectivity index (χ1n) is 17.1. The van der Waals surface area contributed by atoms with Crippen molar-refractivity contribution >= 4 is 17.7 Å². The predicted octanol–water partition coefficient (Wildman–Crippen LogP) is -9.32. The second-order valence-electron chi connectivity index (χ2n) is 13.4. The molecular formula is C30H51N3O21. The number of nitrogens with one attached hydrogen (secondary N) is 3. The molecule has 4 heterocycles. The molecule has 4 saturated heterocycles. The predicted molar refractivity (Wildman–Crippen MR) is 169 cm³/mol. The number of hydrogen-bond acceptors (Lipinski definition) is 21. The molecule has 4 fully saturated rings. The molecule has 4 aliphatic heterocycles. The van der Waals surface area contributed by atoms with Gasteiger partial charge in [0.1, 0.15) is 97.5 Å². The number of ether oxygens (including phenoxy) is 7. The molecule has 24 nitrogen and oxygen atoms in total. The minimum atomic E-state index is -2.07. The Morgan fingerprint density at radius 3 is 1.43 bits per heavy atom. The normalized spacial score (nSPS) is 45.7. The largest absolute Gasteiger partial charge is 0.394 e. The van der Waals surface area contributed by atoms with Gasteiger partial charge in [0.2, 0.25) is 17.7 Å². The Labute approximate surface area is 307 Å². The third-order valence-corrected chi connectivity index (χ3v) is 9.39. The summed E-state index contributed by atoms with van der Waals surface area (Å²) in [6.07, 6.45) is -29.0. The number of carbonyl (C=O) groups is 3. The van der Waals surface area contributed by atoms with Gasteiger partial charge in [-0.1, -0.05) is 0 Å². The summed E-state index contributed by atoms with van der Waals surface area (Å²) < 4.78 is 39.4. The Morgan fingerprint density at radius 2 is 0.926 bits per heavy atom. The number of carbonyl (C=O) groups excluding carboxylic acids is 3. The molecule has 0 saturated carbocycles. The zero-order valence-electron chi connectivity index (χ0n) is 29.4. The molecule has 0 radical (unpaired) electrons. The lowest BCUT2D eigenvalue weighted by Gasteiger charge is -2.49. The number of aliphatic hydroxyl groups excluding tert-OH is 11. The van der Waals surface area contributed by atoms with Gasteiger partial charge in [0, 0.05) is 20.8 Å². The van der Waals surface area contributed by atoms with Crippen molar-refractivity contribution in [3.63, 3.8) is 0 Å². The van der Waals surface area contributed by atoms with Gasteiger partial charge in [0.15, 0.2) is 25.2 Å². The van der Waals surface area contributed by atoms with Crippen LogP contribution < -0.4 is 16.0 Å². The Balaban J connectivity index is 1.52. The molecule has 0 aromatic heterocycles. The number of aliphatic hydroxyl groups is 11. The highest BCUT2D eigenvalue weighted by atomic mass is 16.7. The first-order chi connectivity index (χ1) is 25.4. The van der Waals surface area contributed by atoms with E-state index in [-0.39, 0.29) is 0 Å². The van der Waals surface area contributed by atoms with Crippen molar-refractivity contribution in [3.8, 4) is 0 Å². The average Bonchev–Trinajstić information content (AvgIpc) is 3.11. The van der Waals surface area contributed by atoms with Crippen LogP contribution in [0, 0.1) is 0 Å². The third kappa shape index (κ3) is 9.97. The zero-order valence-corrected chi connectivity index (χ0v) is 29.4. The summed E-state index contributed by atoms with van der Waals surface area (Å²) >= 11 is 0. The first-order valence-corrected chi connectivity index (χ1v) is 17.1. The summed E-state index contributed by atoms with van der Waals surface area (Å²) in [6.45, 7) is 0.136. The fourth-order valence-electron chi connectivity index (χ4n) is 6.65. The molecule has 0 spiro atoms. The molecule has 312 valence electrons. The molecule has 0 aromatic carbocycles. The van der Waals surface area contributed by atoms with E-state index in [1.807, 2.05) is 0 Å². The van der Waals surface area contributed by atoms with Gasteiger partial charge < -0.3 is 105 Å². The Kier molecular flexibility index (Phi) is 15.8. The van der Waals surface area contributed by atoms with Crippen LogP contribution >= 0.6 is 0 Å². The van der Waals surface area contributed by atoms with Crippen molar-refractivity contribution in [2.24, 2.45) is 0 Å². The second kappa shape index (κ2) is 19.2. The van der Waals surface area contributed by atoms with Crippen LogP contribution in [0.25, 0.3) is 0 Å². The van der Waals surface area contributed by atoms with Gasteiger partial charge >= 0.3 is 0 Å². The van der Waals surface area contributed by atoms with E-state index >= 15 is 0 Å². The molecule has 54 heavy (non-hydrogen) atoms. The minimum Gasteiger partial charge on any atom is -0.394 e. The van der Waals surface area contributed by atoms with E-state index in [2.05, 4.69) is 16.0 Å². The molecule has 14 N–H and O–H groups in total. The van der Waals surface area contributed by atoms with E-state index < -0.39 is 167 Å². The third-order valence-electron chi connectivity index (χ3n) is 9.39. The van der Waals surface area contributed by atoms with Crippen molar-refractivity contribution in [1.82, 2.24) is 16.0 Å². The lowest BCUT2D eigenvalue weighted by molar-refractivity contribution is -0.366. The molecule has 20 atom stereocenters. The van der Waals surface area contributed by atoms with Crippen LogP contribution in [0.5, 0.6) is 0 Å². The Hall–Kier alpha value is -2.31. The molecule has 4 aliphatic rings. The maximum Gasteiger partial charge on any atom is 0.217 e. The number of amides is 3. The maximum atomic E-state index is 12.1. The van der Waals surface area contributed by atoms with Gasteiger partial charge in [0.25, 0.3) is 0 Å². The van der Waals surface area contributed by atoms with E-state index in [0.717, 1.165) is 20.8 Å². The highest BCUT2D eigenvalue weighted by molar-refractivity contribution is 5.74. The molecule has 24 heteroatoms. The van der Waals surface area contributed by atoms with Crippen LogP contribution in [-0.2, 0) is 47.5 Å². The van der Waals surface area contributed by atoms with Gasteiger partial charge in [-0.25, -0.2) is 0 Å². The van der Waals surface area contributed by atoms with Crippen molar-refractivity contribution in [3.05, 3.63) is 0 Å². The highest BCUT2D eigenvalue weighted by Gasteiger charge is 2.54. The fraction of sp³-hybridized carbons (Fsp3) is 0.900. The smallest absolute Gasteiger partial charge is 0.217 e. The number of hydrogen-bond donors (Lipinski definition) is 14. The minimum absolute atomic E-state index is 0.645. The second-order valence-corrected chi connectivity index (χ2v) is 13.4. The topological polar surface area (TPSA) is 374 Å². The molecule has 0 aromatic rings. The van der Waals surface area contributed by atoms with Crippen molar-refractivity contribution in [1.29, 1.82) is 0 Å². The van der Waals surface area contributed by atoms with E-state index in [1.54, 1.807) is 0 Å². The zero-order chi connectivity index (χ0) is 40.2. The lowest BCUT2D eigenvalue weighted by Crippen LogP contribution is -2.69. The van der Waals surface area contributed by atoms with Crippen LogP contribution in [0.2, 0.25) is 0 Å². The standard InChI is InChI=1S/C30H51N3O21/c1-8(37)31-15-21(43)18(40)11(4-34)50-28(15)48-7-14-20(42)26(17(27(47)49-14)33-10(3)39)54-30-24(46)23(45)25(13(6-36)52-30)53-29-16(32-9(2)38)22(44)19(41)12(5-35)51-29/h11-30,34-36,40-47H,4-7H2,1-3H3,(H,31,37)(H,32,38)(H,33,39)/t11-,12-,13-,14-,15-,16-,17-,18-,19-,20+,21-,22-,23-,24-,25+,26-,27?,28-,29-,30+/m1/s1. The highest BCUT2D eigenvalue weighted by Crippen LogP contribution is 2.33. The summed E-state index contributed by atoms with van der Waals surface area (Å²) in [5.41, 5.74) is 0. The number of rotatable bonds is 13. The average molecular weight is 790 g/mol. The molecular weight excluding hydrogens is 738 g/mol. The molecule has 1 unspecified atom stereocenters.